The van der Waals surface area contributed by atoms with E-state index in [1.54, 1.807) is 42.4 Å². The molecule has 0 spiro atoms. The monoisotopic (exact) mass is 511 g/mol. The van der Waals surface area contributed by atoms with Crippen LogP contribution >= 0.6 is 0 Å². The number of amides is 1. The first kappa shape index (κ1) is 24.7. The van der Waals surface area contributed by atoms with Crippen LogP contribution in [0.15, 0.2) is 48.6 Å². The number of para-hydroxylation sites is 1. The van der Waals surface area contributed by atoms with Crippen LogP contribution in [-0.4, -0.2) is 33.1 Å². The van der Waals surface area contributed by atoms with E-state index in [1.807, 2.05) is 18.2 Å². The molecule has 6 nitrogen and oxygen atoms in total. The number of nitrogens with zero attached hydrogens (tertiary/aromatic N) is 1. The molecule has 6 rings (SSSR count). The first-order valence-corrected chi connectivity index (χ1v) is 16.0. The Morgan fingerprint density at radius 3 is 2.65 bits per heavy atom. The second-order valence-corrected chi connectivity index (χ2v) is 15.2. The van der Waals surface area contributed by atoms with Gasteiger partial charge < -0.3 is 14.2 Å². The average molecular weight is 512 g/mol. The molecule has 1 aliphatic carbocycles. The normalized spacial score (nSPS) is 21.2. The fourth-order valence-electron chi connectivity index (χ4n) is 5.18. The number of ether oxygens (including phenoxy) is 3. The van der Waals surface area contributed by atoms with Gasteiger partial charge >= 0.3 is 6.09 Å². The molecule has 2 aromatic rings. The number of carbonyl (C=O) groups is 2. The molecule has 2 aromatic carbocycles. The third-order valence-corrected chi connectivity index (χ3v) is 7.59. The van der Waals surface area contributed by atoms with Crippen LogP contribution < -0.4 is 19.1 Å². The maximum Gasteiger partial charge on any atom is 0.420 e. The van der Waals surface area contributed by atoms with Gasteiger partial charge in [-0.3, -0.25) is 9.69 Å². The molecule has 4 aliphatic rings. The lowest BCUT2D eigenvalue weighted by Gasteiger charge is -2.47. The second kappa shape index (κ2) is 9.84. The highest BCUT2D eigenvalue weighted by atomic mass is 28.3. The van der Waals surface area contributed by atoms with Gasteiger partial charge in [0.1, 0.15) is 25.6 Å². The summed E-state index contributed by atoms with van der Waals surface area (Å²) in [6.45, 7) is 6.54. The maximum atomic E-state index is 13.7. The van der Waals surface area contributed by atoms with Crippen molar-refractivity contribution in [2.45, 2.75) is 50.9 Å². The lowest BCUT2D eigenvalue weighted by molar-refractivity contribution is -0.123. The highest BCUT2D eigenvalue weighted by Crippen LogP contribution is 2.62. The summed E-state index contributed by atoms with van der Waals surface area (Å²) in [5.41, 5.74) is 4.57. The van der Waals surface area contributed by atoms with Gasteiger partial charge in [0, 0.05) is 24.0 Å². The quantitative estimate of drug-likeness (QED) is 0.308. The Hall–Kier alpha value is -3.94. The average Bonchev–Trinajstić information content (AvgIpc) is 2.85. The number of hydrogen-bond donors (Lipinski definition) is 0. The third-order valence-electron chi connectivity index (χ3n) is 6.70. The van der Waals surface area contributed by atoms with E-state index in [9.17, 15) is 9.59 Å². The zero-order valence-corrected chi connectivity index (χ0v) is 22.5. The number of fused-ring (bicyclic) bond motifs is 1. The van der Waals surface area contributed by atoms with Gasteiger partial charge in [-0.1, -0.05) is 55.6 Å². The molecule has 0 radical (unpaired) electrons. The summed E-state index contributed by atoms with van der Waals surface area (Å²) in [5.74, 6) is 11.1. The summed E-state index contributed by atoms with van der Waals surface area (Å²) < 4.78 is 17.1. The number of carbonyl (C=O) groups excluding carboxylic acids is 2. The molecule has 2 bridgehead atoms. The number of rotatable bonds is 2. The molecule has 188 valence electrons. The molecule has 7 heteroatoms. The minimum atomic E-state index is -1.48. The van der Waals surface area contributed by atoms with Crippen LogP contribution in [0.3, 0.4) is 0 Å². The van der Waals surface area contributed by atoms with Crippen LogP contribution in [0.5, 0.6) is 23.0 Å². The lowest BCUT2D eigenvalue weighted by atomic mass is 9.67. The molecule has 0 N–H and O–H groups in total. The summed E-state index contributed by atoms with van der Waals surface area (Å²) >= 11 is 0. The second-order valence-electron chi connectivity index (χ2n) is 10.4. The molecular formula is C30H29NO5Si. The number of Topliss-reactive ketones (excluding diaryl/α,β-unsaturated/α-hetero) is 1. The molecule has 1 saturated carbocycles. The van der Waals surface area contributed by atoms with Crippen molar-refractivity contribution in [1.29, 1.82) is 0 Å². The van der Waals surface area contributed by atoms with Gasteiger partial charge in [-0.25, -0.2) is 4.79 Å². The predicted molar refractivity (Wildman–Crippen MR) is 145 cm³/mol. The molecular weight excluding hydrogens is 482 g/mol. The van der Waals surface area contributed by atoms with Crippen molar-refractivity contribution in [2.75, 3.05) is 12.0 Å². The lowest BCUT2D eigenvalue weighted by Crippen LogP contribution is -2.53. The van der Waals surface area contributed by atoms with E-state index in [4.69, 9.17) is 14.2 Å². The van der Waals surface area contributed by atoms with Crippen LogP contribution in [0.25, 0.3) is 0 Å². The molecule has 0 aromatic heterocycles. The van der Waals surface area contributed by atoms with E-state index in [2.05, 4.69) is 42.9 Å². The zero-order valence-electron chi connectivity index (χ0n) is 21.5. The Morgan fingerprint density at radius 2 is 1.92 bits per heavy atom. The number of hydrogen-bond acceptors (Lipinski definition) is 5. The van der Waals surface area contributed by atoms with Crippen molar-refractivity contribution in [3.63, 3.8) is 0 Å². The van der Waals surface area contributed by atoms with Gasteiger partial charge in [0.2, 0.25) is 5.75 Å². The van der Waals surface area contributed by atoms with E-state index in [1.165, 1.54) is 0 Å². The van der Waals surface area contributed by atoms with E-state index in [0.29, 0.717) is 40.7 Å². The highest BCUT2D eigenvalue weighted by Gasteiger charge is 2.52. The fraction of sp³-hybridized carbons (Fsp3) is 0.333. The first-order valence-electron chi connectivity index (χ1n) is 12.5. The van der Waals surface area contributed by atoms with Crippen LogP contribution in [0, 0.1) is 29.2 Å². The van der Waals surface area contributed by atoms with Gasteiger partial charge in [0.15, 0.2) is 11.5 Å². The number of methoxy groups -OCH3 is 1. The molecule has 3 heterocycles. The maximum absolute atomic E-state index is 13.7. The molecule has 0 saturated heterocycles. The van der Waals surface area contributed by atoms with Crippen LogP contribution in [0.2, 0.25) is 19.6 Å². The number of allylic oxidation sites excluding steroid dienone is 2. The SMILES string of the molecule is COc1c2cc3c(c1O2)C1C(=O)CCCC1C(C#C/C=C\C#C[Si](C)(C)C)N3C(=O)Oc1ccccc1. The summed E-state index contributed by atoms with van der Waals surface area (Å²) in [6, 6.07) is 10.2. The Labute approximate surface area is 218 Å². The van der Waals surface area contributed by atoms with Gasteiger partial charge in [-0.05, 0) is 37.1 Å². The number of ketones is 1. The smallest absolute Gasteiger partial charge is 0.420 e. The number of anilines is 1. The summed E-state index contributed by atoms with van der Waals surface area (Å²) in [7, 11) is 0.0958. The van der Waals surface area contributed by atoms with Gasteiger partial charge in [0.05, 0.1) is 18.7 Å². The first-order chi connectivity index (χ1) is 17.8. The van der Waals surface area contributed by atoms with Crippen molar-refractivity contribution < 1.29 is 23.8 Å². The van der Waals surface area contributed by atoms with E-state index < -0.39 is 26.1 Å². The molecule has 3 aliphatic heterocycles. The van der Waals surface area contributed by atoms with E-state index in [0.717, 1.165) is 12.8 Å². The van der Waals surface area contributed by atoms with E-state index in [-0.39, 0.29) is 11.7 Å². The molecule has 1 fully saturated rings. The Bertz CT molecular complexity index is 1400. The Balaban J connectivity index is 1.59. The largest absolute Gasteiger partial charge is 0.490 e. The Morgan fingerprint density at radius 1 is 1.16 bits per heavy atom. The number of benzene rings is 2. The molecule has 1 amide bonds. The van der Waals surface area contributed by atoms with Gasteiger partial charge in [0.25, 0.3) is 0 Å². The van der Waals surface area contributed by atoms with Gasteiger partial charge in [-0.15, -0.1) is 5.54 Å². The standard InChI is InChI=1S/C30H29NO5Si/c1-34-28-25-19-23-27(29(28)36-25)26-21(15-12-17-24(26)32)22(16-10-5-6-11-18-37(2,3)4)31(23)30(33)35-20-13-8-7-9-14-20/h5-9,13-14,19,21-22,26H,12,15,17H2,1-4H3/b6-5-. The minimum absolute atomic E-state index is 0.137. The Kier molecular flexibility index (Phi) is 6.58. The van der Waals surface area contributed by atoms with Gasteiger partial charge in [-0.2, -0.15) is 0 Å². The highest BCUT2D eigenvalue weighted by molar-refractivity contribution is 6.83. The van der Waals surface area contributed by atoms with Crippen LogP contribution in [0.1, 0.15) is 30.7 Å². The van der Waals surface area contributed by atoms with Crippen molar-refractivity contribution in [3.8, 4) is 46.3 Å². The third kappa shape index (κ3) is 4.75. The molecule has 3 unspecified atom stereocenters. The summed E-state index contributed by atoms with van der Waals surface area (Å²) in [4.78, 5) is 28.5. The van der Waals surface area contributed by atoms with Crippen molar-refractivity contribution in [1.82, 2.24) is 0 Å². The molecule has 3 atom stereocenters. The zero-order chi connectivity index (χ0) is 26.2. The molecule has 37 heavy (non-hydrogen) atoms. The topological polar surface area (TPSA) is 65.1 Å². The van der Waals surface area contributed by atoms with Crippen molar-refractivity contribution in [2.24, 2.45) is 5.92 Å². The van der Waals surface area contributed by atoms with Crippen molar-refractivity contribution in [3.05, 3.63) is 54.1 Å². The van der Waals surface area contributed by atoms with E-state index >= 15 is 0 Å². The fourth-order valence-corrected chi connectivity index (χ4v) is 5.69. The predicted octanol–water partition coefficient (Wildman–Crippen LogP) is 6.08. The summed E-state index contributed by atoms with van der Waals surface area (Å²) in [5, 5.41) is 0. The van der Waals surface area contributed by atoms with Crippen LogP contribution in [0.4, 0.5) is 10.5 Å². The summed E-state index contributed by atoms with van der Waals surface area (Å²) in [6.07, 6.45) is 4.91. The van der Waals surface area contributed by atoms with Crippen LogP contribution in [-0.2, 0) is 4.79 Å². The van der Waals surface area contributed by atoms with Crippen molar-refractivity contribution >= 4 is 25.6 Å². The minimum Gasteiger partial charge on any atom is -0.490 e.